The highest BCUT2D eigenvalue weighted by molar-refractivity contribution is 5.48. The van der Waals surface area contributed by atoms with E-state index in [1.165, 1.54) is 5.56 Å². The number of hydrogen-bond acceptors (Lipinski definition) is 2. The van der Waals surface area contributed by atoms with E-state index in [2.05, 4.69) is 74.6 Å². The van der Waals surface area contributed by atoms with Gasteiger partial charge in [-0.25, -0.2) is 0 Å². The molecule has 0 aromatic heterocycles. The van der Waals surface area contributed by atoms with Crippen LogP contribution in [-0.4, -0.2) is 38.6 Å². The molecule has 1 rings (SSSR count). The summed E-state index contributed by atoms with van der Waals surface area (Å²) in [5, 5.41) is 3.49. The number of benzene rings is 1. The molecule has 0 atom stereocenters. The number of hydrogen-bond donors (Lipinski definition) is 1. The fourth-order valence-electron chi connectivity index (χ4n) is 2.17. The van der Waals surface area contributed by atoms with Gasteiger partial charge in [-0.1, -0.05) is 56.3 Å². The first-order valence-electron chi connectivity index (χ1n) is 6.57. The highest BCUT2D eigenvalue weighted by Crippen LogP contribution is 2.13. The lowest BCUT2D eigenvalue weighted by atomic mass is 9.93. The van der Waals surface area contributed by atoms with Gasteiger partial charge in [0.1, 0.15) is 0 Å². The second-order valence-corrected chi connectivity index (χ2v) is 5.85. The third-order valence-electron chi connectivity index (χ3n) is 2.72. The zero-order chi connectivity index (χ0) is 13.4. The molecule has 2 heteroatoms. The van der Waals surface area contributed by atoms with E-state index in [0.29, 0.717) is 5.41 Å². The van der Waals surface area contributed by atoms with Gasteiger partial charge in [0.25, 0.3) is 0 Å². The van der Waals surface area contributed by atoms with Crippen LogP contribution < -0.4 is 5.32 Å². The Balaban J connectivity index is 2.24. The third-order valence-corrected chi connectivity index (χ3v) is 2.72. The molecule has 0 bridgehead atoms. The molecule has 0 spiro atoms. The Morgan fingerprint density at radius 1 is 1.17 bits per heavy atom. The lowest BCUT2D eigenvalue weighted by Crippen LogP contribution is -2.37. The van der Waals surface area contributed by atoms with Gasteiger partial charge in [0, 0.05) is 19.6 Å². The summed E-state index contributed by atoms with van der Waals surface area (Å²) in [6.45, 7) is 7.64. The minimum absolute atomic E-state index is 0.310. The van der Waals surface area contributed by atoms with Crippen molar-refractivity contribution in [3.05, 3.63) is 42.0 Å². The molecule has 0 aliphatic carbocycles. The molecule has 100 valence electrons. The van der Waals surface area contributed by atoms with E-state index in [4.69, 9.17) is 0 Å². The molecule has 1 N–H and O–H groups in total. The van der Waals surface area contributed by atoms with Crippen molar-refractivity contribution in [2.75, 3.05) is 33.7 Å². The van der Waals surface area contributed by atoms with Crippen LogP contribution in [0.4, 0.5) is 0 Å². The van der Waals surface area contributed by atoms with E-state index < -0.39 is 0 Å². The van der Waals surface area contributed by atoms with Crippen molar-refractivity contribution in [3.8, 4) is 0 Å². The van der Waals surface area contributed by atoms with E-state index in [9.17, 15) is 0 Å². The average molecular weight is 246 g/mol. The molecular weight excluding hydrogens is 220 g/mol. The quantitative estimate of drug-likeness (QED) is 0.744. The monoisotopic (exact) mass is 246 g/mol. The van der Waals surface area contributed by atoms with Crippen LogP contribution in [0.2, 0.25) is 0 Å². The summed E-state index contributed by atoms with van der Waals surface area (Å²) in [5.74, 6) is 0. The number of nitrogens with one attached hydrogen (secondary N) is 1. The molecule has 0 radical (unpaired) electrons. The Morgan fingerprint density at radius 3 is 2.44 bits per heavy atom. The summed E-state index contributed by atoms with van der Waals surface area (Å²) < 4.78 is 0. The summed E-state index contributed by atoms with van der Waals surface area (Å²) >= 11 is 0. The van der Waals surface area contributed by atoms with Crippen LogP contribution in [-0.2, 0) is 0 Å². The van der Waals surface area contributed by atoms with Crippen molar-refractivity contribution in [2.45, 2.75) is 13.8 Å². The Hall–Kier alpha value is -1.12. The molecule has 1 aromatic rings. The summed E-state index contributed by atoms with van der Waals surface area (Å²) in [7, 11) is 4.24. The van der Waals surface area contributed by atoms with Crippen molar-refractivity contribution in [1.82, 2.24) is 10.2 Å². The standard InChI is InChI=1S/C16H26N2/c1-16(2,14-18(3)4)13-17-12-8-11-15-9-6-5-7-10-15/h5-11,17H,12-14H2,1-4H3/b11-8+. The van der Waals surface area contributed by atoms with Gasteiger partial charge in [-0.05, 0) is 25.1 Å². The summed E-state index contributed by atoms with van der Waals surface area (Å²) in [6, 6.07) is 10.4. The van der Waals surface area contributed by atoms with E-state index in [0.717, 1.165) is 19.6 Å². The van der Waals surface area contributed by atoms with E-state index in [-0.39, 0.29) is 0 Å². The normalized spacial score (nSPS) is 12.5. The number of nitrogens with zero attached hydrogens (tertiary/aromatic N) is 1. The molecule has 0 heterocycles. The fourth-order valence-corrected chi connectivity index (χ4v) is 2.17. The van der Waals surface area contributed by atoms with Crippen molar-refractivity contribution in [3.63, 3.8) is 0 Å². The minimum atomic E-state index is 0.310. The van der Waals surface area contributed by atoms with Crippen LogP contribution in [0.25, 0.3) is 6.08 Å². The van der Waals surface area contributed by atoms with E-state index >= 15 is 0 Å². The van der Waals surface area contributed by atoms with Crippen molar-refractivity contribution >= 4 is 6.08 Å². The van der Waals surface area contributed by atoms with Crippen LogP contribution >= 0.6 is 0 Å². The second kappa shape index (κ2) is 7.34. The van der Waals surface area contributed by atoms with Gasteiger partial charge in [-0.3, -0.25) is 0 Å². The molecule has 0 amide bonds. The van der Waals surface area contributed by atoms with Gasteiger partial charge in [0.05, 0.1) is 0 Å². The maximum absolute atomic E-state index is 3.49. The smallest absolute Gasteiger partial charge is 0.0138 e. The Kier molecular flexibility index (Phi) is 6.10. The predicted molar refractivity (Wildman–Crippen MR) is 80.7 cm³/mol. The molecule has 0 unspecified atom stereocenters. The maximum atomic E-state index is 3.49. The molecule has 0 fully saturated rings. The van der Waals surface area contributed by atoms with Gasteiger partial charge in [-0.15, -0.1) is 0 Å². The zero-order valence-corrected chi connectivity index (χ0v) is 12.1. The van der Waals surface area contributed by atoms with Crippen LogP contribution in [0.1, 0.15) is 19.4 Å². The molecule has 0 aliphatic heterocycles. The Morgan fingerprint density at radius 2 is 1.83 bits per heavy atom. The first-order valence-corrected chi connectivity index (χ1v) is 6.57. The number of rotatable bonds is 7. The first-order chi connectivity index (χ1) is 8.49. The lowest BCUT2D eigenvalue weighted by molar-refractivity contribution is 0.235. The molecule has 18 heavy (non-hydrogen) atoms. The minimum Gasteiger partial charge on any atom is -0.313 e. The van der Waals surface area contributed by atoms with Crippen LogP contribution in [0.5, 0.6) is 0 Å². The van der Waals surface area contributed by atoms with Gasteiger partial charge in [0.2, 0.25) is 0 Å². The van der Waals surface area contributed by atoms with Crippen molar-refractivity contribution in [2.24, 2.45) is 5.41 Å². The fraction of sp³-hybridized carbons (Fsp3) is 0.500. The van der Waals surface area contributed by atoms with Crippen molar-refractivity contribution in [1.29, 1.82) is 0 Å². The van der Waals surface area contributed by atoms with Crippen LogP contribution in [0.15, 0.2) is 36.4 Å². The molecule has 2 nitrogen and oxygen atoms in total. The highest BCUT2D eigenvalue weighted by atomic mass is 15.1. The summed E-state index contributed by atoms with van der Waals surface area (Å²) in [5.41, 5.74) is 1.57. The molecule has 1 aromatic carbocycles. The predicted octanol–water partition coefficient (Wildman–Crippen LogP) is 2.88. The molecule has 0 saturated carbocycles. The van der Waals surface area contributed by atoms with E-state index in [1.54, 1.807) is 0 Å². The third kappa shape index (κ3) is 6.58. The lowest BCUT2D eigenvalue weighted by Gasteiger charge is -2.28. The average Bonchev–Trinajstić information content (AvgIpc) is 2.28. The first kappa shape index (κ1) is 14.9. The maximum Gasteiger partial charge on any atom is 0.0138 e. The topological polar surface area (TPSA) is 15.3 Å². The van der Waals surface area contributed by atoms with Gasteiger partial charge >= 0.3 is 0 Å². The zero-order valence-electron chi connectivity index (χ0n) is 12.1. The second-order valence-electron chi connectivity index (χ2n) is 5.85. The van der Waals surface area contributed by atoms with Crippen LogP contribution in [0, 0.1) is 5.41 Å². The summed E-state index contributed by atoms with van der Waals surface area (Å²) in [6.07, 6.45) is 4.34. The molecule has 0 saturated heterocycles. The molecular formula is C16H26N2. The largest absolute Gasteiger partial charge is 0.313 e. The van der Waals surface area contributed by atoms with Gasteiger partial charge in [-0.2, -0.15) is 0 Å². The van der Waals surface area contributed by atoms with Crippen molar-refractivity contribution < 1.29 is 0 Å². The van der Waals surface area contributed by atoms with Crippen LogP contribution in [0.3, 0.4) is 0 Å². The SMILES string of the molecule is CN(C)CC(C)(C)CNC/C=C/c1ccccc1. The Labute approximate surface area is 112 Å². The van der Waals surface area contributed by atoms with Gasteiger partial charge < -0.3 is 10.2 Å². The summed E-state index contributed by atoms with van der Waals surface area (Å²) in [4.78, 5) is 2.24. The molecule has 0 aliphatic rings. The highest BCUT2D eigenvalue weighted by Gasteiger charge is 2.17. The van der Waals surface area contributed by atoms with Gasteiger partial charge in [0.15, 0.2) is 0 Å². The van der Waals surface area contributed by atoms with E-state index in [1.807, 2.05) is 6.07 Å². The Bertz CT molecular complexity index is 353.